The number of oxime groups is 1. The van der Waals surface area contributed by atoms with E-state index in [2.05, 4.69) is 10.5 Å². The van der Waals surface area contributed by atoms with Crippen molar-refractivity contribution in [2.75, 3.05) is 20.8 Å². The molecule has 0 bridgehead atoms. The van der Waals surface area contributed by atoms with Crippen LogP contribution in [0, 0.1) is 0 Å². The van der Waals surface area contributed by atoms with Crippen molar-refractivity contribution in [3.63, 3.8) is 0 Å². The van der Waals surface area contributed by atoms with Gasteiger partial charge in [0.2, 0.25) is 6.10 Å². The van der Waals surface area contributed by atoms with Crippen molar-refractivity contribution in [2.24, 2.45) is 5.16 Å². The van der Waals surface area contributed by atoms with Crippen molar-refractivity contribution >= 4 is 11.6 Å². The van der Waals surface area contributed by atoms with E-state index in [9.17, 15) is 4.79 Å². The lowest BCUT2D eigenvalue weighted by Crippen LogP contribution is -2.42. The number of ether oxygens (including phenoxy) is 2. The summed E-state index contributed by atoms with van der Waals surface area (Å²) in [5.41, 5.74) is 1.69. The molecular weight excluding hydrogens is 272 g/mol. The van der Waals surface area contributed by atoms with Crippen molar-refractivity contribution in [3.05, 3.63) is 29.8 Å². The predicted molar refractivity (Wildman–Crippen MR) is 78.5 cm³/mol. The number of carbonyl (C=O) groups is 1. The van der Waals surface area contributed by atoms with Crippen LogP contribution in [0.5, 0.6) is 5.75 Å². The summed E-state index contributed by atoms with van der Waals surface area (Å²) in [6.45, 7) is 2.34. The van der Waals surface area contributed by atoms with Crippen LogP contribution in [0.25, 0.3) is 0 Å². The summed E-state index contributed by atoms with van der Waals surface area (Å²) in [7, 11) is 3.21. The summed E-state index contributed by atoms with van der Waals surface area (Å²) in [4.78, 5) is 17.2. The Morgan fingerprint density at radius 3 is 2.76 bits per heavy atom. The van der Waals surface area contributed by atoms with Gasteiger partial charge in [0.1, 0.15) is 5.75 Å². The second-order valence-electron chi connectivity index (χ2n) is 4.93. The highest BCUT2D eigenvalue weighted by atomic mass is 16.6. The number of hydrogen-bond donors (Lipinski definition) is 1. The van der Waals surface area contributed by atoms with Crippen LogP contribution in [0.1, 0.15) is 18.9 Å². The third-order valence-electron chi connectivity index (χ3n) is 3.19. The highest BCUT2D eigenvalue weighted by molar-refractivity contribution is 6.04. The van der Waals surface area contributed by atoms with E-state index in [0.29, 0.717) is 13.0 Å². The minimum atomic E-state index is -0.582. The van der Waals surface area contributed by atoms with E-state index in [4.69, 9.17) is 14.3 Å². The molecule has 2 unspecified atom stereocenters. The first-order valence-corrected chi connectivity index (χ1v) is 6.80. The van der Waals surface area contributed by atoms with Crippen LogP contribution in [0.4, 0.5) is 0 Å². The molecule has 1 aliphatic heterocycles. The molecule has 0 aromatic heterocycles. The van der Waals surface area contributed by atoms with Crippen molar-refractivity contribution in [2.45, 2.75) is 25.5 Å². The van der Waals surface area contributed by atoms with E-state index in [1.54, 1.807) is 14.2 Å². The number of amides is 1. The molecule has 1 aromatic carbocycles. The average Bonchev–Trinajstić information content (AvgIpc) is 2.97. The van der Waals surface area contributed by atoms with E-state index in [1.165, 1.54) is 0 Å². The van der Waals surface area contributed by atoms with Crippen LogP contribution in [0.15, 0.2) is 29.4 Å². The van der Waals surface area contributed by atoms with Gasteiger partial charge in [-0.05, 0) is 36.8 Å². The van der Waals surface area contributed by atoms with Gasteiger partial charge in [-0.1, -0.05) is 5.16 Å². The Morgan fingerprint density at radius 2 is 2.14 bits per heavy atom. The fraction of sp³-hybridized carbons (Fsp3) is 0.467. The van der Waals surface area contributed by atoms with E-state index in [0.717, 1.165) is 17.0 Å². The van der Waals surface area contributed by atoms with E-state index < -0.39 is 6.10 Å². The molecule has 2 atom stereocenters. The van der Waals surface area contributed by atoms with Crippen LogP contribution < -0.4 is 10.1 Å². The SMILES string of the molecule is COCC(C)NC(=O)C1CC(c2ccc(OC)cc2)=NO1. The fourth-order valence-electron chi connectivity index (χ4n) is 2.10. The molecule has 0 aliphatic carbocycles. The zero-order valence-electron chi connectivity index (χ0n) is 12.5. The number of nitrogens with one attached hydrogen (secondary N) is 1. The van der Waals surface area contributed by atoms with Gasteiger partial charge in [0.25, 0.3) is 5.91 Å². The predicted octanol–water partition coefficient (Wildman–Crippen LogP) is 1.34. The lowest BCUT2D eigenvalue weighted by molar-refractivity contribution is -0.132. The third kappa shape index (κ3) is 3.95. The lowest BCUT2D eigenvalue weighted by atomic mass is 10.0. The fourth-order valence-corrected chi connectivity index (χ4v) is 2.10. The van der Waals surface area contributed by atoms with Crippen molar-refractivity contribution in [3.8, 4) is 5.75 Å². The standard InChI is InChI=1S/C15H20N2O4/c1-10(9-19-2)16-15(18)14-8-13(17-21-14)11-4-6-12(20-3)7-5-11/h4-7,10,14H,8-9H2,1-3H3,(H,16,18). The molecule has 2 rings (SSSR count). The van der Waals surface area contributed by atoms with Gasteiger partial charge in [0, 0.05) is 19.6 Å². The number of methoxy groups -OCH3 is 2. The smallest absolute Gasteiger partial charge is 0.264 e. The number of benzene rings is 1. The maximum absolute atomic E-state index is 12.0. The normalized spacial score (nSPS) is 18.6. The molecule has 114 valence electrons. The maximum atomic E-state index is 12.0. The molecule has 1 aliphatic rings. The van der Waals surface area contributed by atoms with Gasteiger partial charge >= 0.3 is 0 Å². The van der Waals surface area contributed by atoms with Crippen LogP contribution in [-0.2, 0) is 14.4 Å². The molecule has 1 aromatic rings. The van der Waals surface area contributed by atoms with Crippen molar-refractivity contribution < 1.29 is 19.1 Å². The quantitative estimate of drug-likeness (QED) is 0.859. The van der Waals surface area contributed by atoms with Crippen LogP contribution in [0.2, 0.25) is 0 Å². The second-order valence-corrected chi connectivity index (χ2v) is 4.93. The van der Waals surface area contributed by atoms with Crippen LogP contribution >= 0.6 is 0 Å². The third-order valence-corrected chi connectivity index (χ3v) is 3.19. The first-order chi connectivity index (χ1) is 10.1. The van der Waals surface area contributed by atoms with Gasteiger partial charge in [0.15, 0.2) is 0 Å². The summed E-state index contributed by atoms with van der Waals surface area (Å²) >= 11 is 0. The van der Waals surface area contributed by atoms with Crippen LogP contribution in [-0.4, -0.2) is 44.6 Å². The summed E-state index contributed by atoms with van der Waals surface area (Å²) in [6, 6.07) is 7.44. The lowest BCUT2D eigenvalue weighted by Gasteiger charge is -2.15. The Morgan fingerprint density at radius 1 is 1.43 bits per heavy atom. The average molecular weight is 292 g/mol. The van der Waals surface area contributed by atoms with E-state index in [1.807, 2.05) is 31.2 Å². The monoisotopic (exact) mass is 292 g/mol. The van der Waals surface area contributed by atoms with Gasteiger partial charge in [-0.25, -0.2) is 0 Å². The highest BCUT2D eigenvalue weighted by Gasteiger charge is 2.29. The first kappa shape index (κ1) is 15.3. The molecule has 21 heavy (non-hydrogen) atoms. The zero-order chi connectivity index (χ0) is 15.2. The van der Waals surface area contributed by atoms with E-state index >= 15 is 0 Å². The summed E-state index contributed by atoms with van der Waals surface area (Å²) in [5.74, 6) is 0.604. The Hall–Kier alpha value is -2.08. The summed E-state index contributed by atoms with van der Waals surface area (Å²) < 4.78 is 10.1. The molecule has 6 heteroatoms. The summed E-state index contributed by atoms with van der Waals surface area (Å²) in [6.07, 6.45) is -0.126. The largest absolute Gasteiger partial charge is 0.497 e. The minimum absolute atomic E-state index is 0.0591. The minimum Gasteiger partial charge on any atom is -0.497 e. The second kappa shape index (κ2) is 7.08. The molecule has 0 radical (unpaired) electrons. The molecule has 6 nitrogen and oxygen atoms in total. The zero-order valence-corrected chi connectivity index (χ0v) is 12.5. The number of carbonyl (C=O) groups excluding carboxylic acids is 1. The Bertz CT molecular complexity index is 513. The molecule has 0 saturated heterocycles. The number of hydrogen-bond acceptors (Lipinski definition) is 5. The summed E-state index contributed by atoms with van der Waals surface area (Å²) in [5, 5.41) is 6.83. The molecule has 1 amide bonds. The number of nitrogens with zero attached hydrogens (tertiary/aromatic N) is 1. The van der Waals surface area contributed by atoms with Gasteiger partial charge in [0.05, 0.1) is 19.4 Å². The van der Waals surface area contributed by atoms with Gasteiger partial charge < -0.3 is 19.6 Å². The molecule has 1 N–H and O–H groups in total. The Balaban J connectivity index is 1.91. The van der Waals surface area contributed by atoms with Gasteiger partial charge in [-0.3, -0.25) is 4.79 Å². The topological polar surface area (TPSA) is 69.2 Å². The molecule has 0 fully saturated rings. The van der Waals surface area contributed by atoms with Crippen molar-refractivity contribution in [1.29, 1.82) is 0 Å². The van der Waals surface area contributed by atoms with Gasteiger partial charge in [-0.15, -0.1) is 0 Å². The Labute approximate surface area is 124 Å². The molecular formula is C15H20N2O4. The number of rotatable bonds is 6. The van der Waals surface area contributed by atoms with Gasteiger partial charge in [-0.2, -0.15) is 0 Å². The highest BCUT2D eigenvalue weighted by Crippen LogP contribution is 2.19. The molecule has 0 spiro atoms. The maximum Gasteiger partial charge on any atom is 0.264 e. The van der Waals surface area contributed by atoms with Crippen LogP contribution in [0.3, 0.4) is 0 Å². The molecule has 1 heterocycles. The first-order valence-electron chi connectivity index (χ1n) is 6.80. The Kier molecular flexibility index (Phi) is 5.16. The van der Waals surface area contributed by atoms with E-state index in [-0.39, 0.29) is 11.9 Å². The molecule has 0 saturated carbocycles. The van der Waals surface area contributed by atoms with Crippen molar-refractivity contribution in [1.82, 2.24) is 5.32 Å².